The standard InChI is InChI=1S/C11H22N2O2/c1-2-9(4-6-14)7-13-11(15)10-3-5-12-8-10/h9-10,12,14H,2-8H2,1H3,(H,13,15). The number of aliphatic hydroxyl groups is 1. The van der Waals surface area contributed by atoms with Crippen molar-refractivity contribution < 1.29 is 9.90 Å². The van der Waals surface area contributed by atoms with Gasteiger partial charge in [-0.25, -0.2) is 0 Å². The maximum atomic E-state index is 11.7. The number of hydrogen-bond acceptors (Lipinski definition) is 3. The maximum absolute atomic E-state index is 11.7. The molecule has 0 radical (unpaired) electrons. The fourth-order valence-corrected chi connectivity index (χ4v) is 1.90. The number of hydrogen-bond donors (Lipinski definition) is 3. The van der Waals surface area contributed by atoms with Gasteiger partial charge in [-0.05, 0) is 25.3 Å². The van der Waals surface area contributed by atoms with Crippen LogP contribution in [0.3, 0.4) is 0 Å². The number of nitrogens with one attached hydrogen (secondary N) is 2. The van der Waals surface area contributed by atoms with Gasteiger partial charge in [-0.15, -0.1) is 0 Å². The van der Waals surface area contributed by atoms with Gasteiger partial charge in [0.25, 0.3) is 0 Å². The third-order valence-electron chi connectivity index (χ3n) is 3.11. The zero-order valence-corrected chi connectivity index (χ0v) is 9.46. The highest BCUT2D eigenvalue weighted by atomic mass is 16.3. The molecule has 4 heteroatoms. The number of amides is 1. The number of carbonyl (C=O) groups excluding carboxylic acids is 1. The number of rotatable bonds is 6. The molecule has 88 valence electrons. The average molecular weight is 214 g/mol. The van der Waals surface area contributed by atoms with E-state index < -0.39 is 0 Å². The van der Waals surface area contributed by atoms with Crippen LogP contribution in [0.5, 0.6) is 0 Å². The molecule has 2 atom stereocenters. The zero-order valence-electron chi connectivity index (χ0n) is 9.46. The van der Waals surface area contributed by atoms with Crippen LogP contribution in [0.15, 0.2) is 0 Å². The van der Waals surface area contributed by atoms with Crippen LogP contribution in [0.25, 0.3) is 0 Å². The molecule has 0 aromatic carbocycles. The highest BCUT2D eigenvalue weighted by molar-refractivity contribution is 5.79. The van der Waals surface area contributed by atoms with Gasteiger partial charge in [0.1, 0.15) is 0 Å². The van der Waals surface area contributed by atoms with Crippen molar-refractivity contribution in [3.63, 3.8) is 0 Å². The van der Waals surface area contributed by atoms with Gasteiger partial charge >= 0.3 is 0 Å². The Morgan fingerprint density at radius 2 is 2.47 bits per heavy atom. The number of carbonyl (C=O) groups is 1. The van der Waals surface area contributed by atoms with E-state index >= 15 is 0 Å². The SMILES string of the molecule is CCC(CCO)CNC(=O)C1CCNC1. The number of aliphatic hydroxyl groups excluding tert-OH is 1. The van der Waals surface area contributed by atoms with Crippen molar-refractivity contribution in [3.05, 3.63) is 0 Å². The Kier molecular flexibility index (Phi) is 5.65. The van der Waals surface area contributed by atoms with Crippen molar-refractivity contribution in [1.29, 1.82) is 0 Å². The molecule has 0 aromatic heterocycles. The van der Waals surface area contributed by atoms with Crippen LogP contribution < -0.4 is 10.6 Å². The predicted molar refractivity (Wildman–Crippen MR) is 59.5 cm³/mol. The third-order valence-corrected chi connectivity index (χ3v) is 3.11. The first-order valence-corrected chi connectivity index (χ1v) is 5.87. The molecule has 0 bridgehead atoms. The first-order valence-electron chi connectivity index (χ1n) is 5.87. The molecule has 1 aliphatic rings. The summed E-state index contributed by atoms with van der Waals surface area (Å²) in [4.78, 5) is 11.7. The monoisotopic (exact) mass is 214 g/mol. The molecule has 0 saturated carbocycles. The Morgan fingerprint density at radius 1 is 1.67 bits per heavy atom. The smallest absolute Gasteiger partial charge is 0.224 e. The van der Waals surface area contributed by atoms with Gasteiger partial charge in [0.05, 0.1) is 5.92 Å². The minimum absolute atomic E-state index is 0.150. The van der Waals surface area contributed by atoms with Crippen molar-refractivity contribution in [2.24, 2.45) is 11.8 Å². The van der Waals surface area contributed by atoms with Crippen LogP contribution in [-0.2, 0) is 4.79 Å². The molecular weight excluding hydrogens is 192 g/mol. The van der Waals surface area contributed by atoms with E-state index in [0.717, 1.165) is 32.4 Å². The second-order valence-corrected chi connectivity index (χ2v) is 4.22. The summed E-state index contributed by atoms with van der Waals surface area (Å²) < 4.78 is 0. The van der Waals surface area contributed by atoms with Gasteiger partial charge < -0.3 is 15.7 Å². The molecular formula is C11H22N2O2. The summed E-state index contributed by atoms with van der Waals surface area (Å²) in [5.41, 5.74) is 0. The summed E-state index contributed by atoms with van der Waals surface area (Å²) in [5.74, 6) is 0.723. The van der Waals surface area contributed by atoms with Gasteiger partial charge in [-0.1, -0.05) is 13.3 Å². The molecule has 0 aromatic rings. The van der Waals surface area contributed by atoms with E-state index in [1.165, 1.54) is 0 Å². The molecule has 2 unspecified atom stereocenters. The van der Waals surface area contributed by atoms with Gasteiger partial charge in [0.15, 0.2) is 0 Å². The molecule has 3 N–H and O–H groups in total. The van der Waals surface area contributed by atoms with Crippen LogP contribution in [0.2, 0.25) is 0 Å². The fraction of sp³-hybridized carbons (Fsp3) is 0.909. The van der Waals surface area contributed by atoms with Gasteiger partial charge in [0.2, 0.25) is 5.91 Å². The highest BCUT2D eigenvalue weighted by Gasteiger charge is 2.22. The van der Waals surface area contributed by atoms with Crippen LogP contribution in [0, 0.1) is 11.8 Å². The van der Waals surface area contributed by atoms with E-state index in [9.17, 15) is 4.79 Å². The quantitative estimate of drug-likeness (QED) is 0.588. The Morgan fingerprint density at radius 3 is 3.00 bits per heavy atom. The van der Waals surface area contributed by atoms with Gasteiger partial charge in [0, 0.05) is 19.7 Å². The molecule has 1 saturated heterocycles. The van der Waals surface area contributed by atoms with Crippen LogP contribution in [0.4, 0.5) is 0 Å². The molecule has 1 aliphatic heterocycles. The average Bonchev–Trinajstić information content (AvgIpc) is 2.77. The lowest BCUT2D eigenvalue weighted by atomic mass is 10.0. The molecule has 0 aliphatic carbocycles. The molecule has 1 rings (SSSR count). The summed E-state index contributed by atoms with van der Waals surface area (Å²) in [7, 11) is 0. The summed E-state index contributed by atoms with van der Waals surface area (Å²) in [6.45, 7) is 4.75. The first kappa shape index (κ1) is 12.5. The Balaban J connectivity index is 2.19. The lowest BCUT2D eigenvalue weighted by Gasteiger charge is -2.16. The topological polar surface area (TPSA) is 61.4 Å². The normalized spacial score (nSPS) is 22.7. The summed E-state index contributed by atoms with van der Waals surface area (Å²) in [6.07, 6.45) is 2.73. The first-order chi connectivity index (χ1) is 7.27. The van der Waals surface area contributed by atoms with Crippen molar-refractivity contribution in [2.75, 3.05) is 26.2 Å². The zero-order chi connectivity index (χ0) is 11.1. The molecule has 0 spiro atoms. The predicted octanol–water partition coefficient (Wildman–Crippen LogP) is 0.121. The third kappa shape index (κ3) is 4.18. The fourth-order valence-electron chi connectivity index (χ4n) is 1.90. The molecule has 1 amide bonds. The Labute approximate surface area is 91.4 Å². The minimum Gasteiger partial charge on any atom is -0.396 e. The van der Waals surface area contributed by atoms with E-state index in [0.29, 0.717) is 12.5 Å². The second kappa shape index (κ2) is 6.80. The van der Waals surface area contributed by atoms with Crippen LogP contribution >= 0.6 is 0 Å². The van der Waals surface area contributed by atoms with E-state index in [1.54, 1.807) is 0 Å². The van der Waals surface area contributed by atoms with Crippen LogP contribution in [0.1, 0.15) is 26.2 Å². The lowest BCUT2D eigenvalue weighted by molar-refractivity contribution is -0.124. The largest absolute Gasteiger partial charge is 0.396 e. The molecule has 15 heavy (non-hydrogen) atoms. The Hall–Kier alpha value is -0.610. The van der Waals surface area contributed by atoms with Crippen molar-refractivity contribution in [1.82, 2.24) is 10.6 Å². The van der Waals surface area contributed by atoms with Crippen molar-refractivity contribution >= 4 is 5.91 Å². The second-order valence-electron chi connectivity index (χ2n) is 4.22. The summed E-state index contributed by atoms with van der Waals surface area (Å²) in [6, 6.07) is 0. The van der Waals surface area contributed by atoms with Crippen LogP contribution in [-0.4, -0.2) is 37.3 Å². The summed E-state index contributed by atoms with van der Waals surface area (Å²) in [5, 5.41) is 15.0. The van der Waals surface area contributed by atoms with Gasteiger partial charge in [-0.3, -0.25) is 4.79 Å². The van der Waals surface area contributed by atoms with E-state index in [-0.39, 0.29) is 18.4 Å². The van der Waals surface area contributed by atoms with Crippen molar-refractivity contribution in [2.45, 2.75) is 26.2 Å². The van der Waals surface area contributed by atoms with E-state index in [2.05, 4.69) is 17.6 Å². The highest BCUT2D eigenvalue weighted by Crippen LogP contribution is 2.09. The lowest BCUT2D eigenvalue weighted by Crippen LogP contribution is -2.35. The molecule has 4 nitrogen and oxygen atoms in total. The molecule has 1 heterocycles. The summed E-state index contributed by atoms with van der Waals surface area (Å²) >= 11 is 0. The molecule has 1 fully saturated rings. The van der Waals surface area contributed by atoms with Gasteiger partial charge in [-0.2, -0.15) is 0 Å². The van der Waals surface area contributed by atoms with Crippen molar-refractivity contribution in [3.8, 4) is 0 Å². The maximum Gasteiger partial charge on any atom is 0.224 e. The minimum atomic E-state index is 0.150. The Bertz CT molecular complexity index is 191. The van der Waals surface area contributed by atoms with E-state index in [1.807, 2.05) is 0 Å². The van der Waals surface area contributed by atoms with E-state index in [4.69, 9.17) is 5.11 Å².